The number of hydrogen-bond donors (Lipinski definition) is 4. The van der Waals surface area contributed by atoms with Crippen molar-refractivity contribution in [3.05, 3.63) is 54.0 Å². The van der Waals surface area contributed by atoms with E-state index in [2.05, 4.69) is 26.2 Å². The molecule has 0 aliphatic carbocycles. The van der Waals surface area contributed by atoms with E-state index < -0.39 is 0 Å². The molecule has 10 heteroatoms. The second kappa shape index (κ2) is 11.3. The Kier molecular flexibility index (Phi) is 8.02. The summed E-state index contributed by atoms with van der Waals surface area (Å²) >= 11 is 5.41. The Hall–Kier alpha value is -3.11. The van der Waals surface area contributed by atoms with E-state index in [4.69, 9.17) is 21.4 Å². The lowest BCUT2D eigenvalue weighted by Gasteiger charge is -2.37. The molecule has 34 heavy (non-hydrogen) atoms. The molecule has 2 fully saturated rings. The van der Waals surface area contributed by atoms with Crippen LogP contribution in [0.4, 0.5) is 0 Å². The maximum Gasteiger partial charge on any atom is 0.237 e. The molecular weight excluding hydrogens is 454 g/mol. The van der Waals surface area contributed by atoms with E-state index in [0.29, 0.717) is 50.6 Å². The number of methoxy groups -OCH3 is 1. The molecule has 0 bridgehead atoms. The molecule has 2 aliphatic rings. The van der Waals surface area contributed by atoms with Gasteiger partial charge in [-0.25, -0.2) is 0 Å². The van der Waals surface area contributed by atoms with Crippen LogP contribution in [0.1, 0.15) is 30.6 Å². The maximum atomic E-state index is 12.4. The van der Waals surface area contributed by atoms with Crippen molar-refractivity contribution < 1.29 is 18.7 Å². The fourth-order valence-corrected chi connectivity index (χ4v) is 4.73. The molecule has 0 saturated carbocycles. The molecule has 2 aromatic rings. The first-order valence-electron chi connectivity index (χ1n) is 11.5. The van der Waals surface area contributed by atoms with Gasteiger partial charge >= 0.3 is 0 Å². The molecule has 182 valence electrons. The van der Waals surface area contributed by atoms with Crippen molar-refractivity contribution in [2.75, 3.05) is 20.2 Å². The predicted molar refractivity (Wildman–Crippen MR) is 131 cm³/mol. The van der Waals surface area contributed by atoms with Gasteiger partial charge in [-0.05, 0) is 54.9 Å². The van der Waals surface area contributed by atoms with Crippen LogP contribution in [0.2, 0.25) is 0 Å². The van der Waals surface area contributed by atoms with Gasteiger partial charge in [0.25, 0.3) is 0 Å². The van der Waals surface area contributed by atoms with Crippen LogP contribution >= 0.6 is 12.2 Å². The first kappa shape index (κ1) is 24.0. The summed E-state index contributed by atoms with van der Waals surface area (Å²) in [4.78, 5) is 27.1. The monoisotopic (exact) mass is 485 g/mol. The fourth-order valence-electron chi connectivity index (χ4n) is 4.50. The normalized spacial score (nSPS) is 21.9. The molecule has 4 N–H and O–H groups in total. The highest BCUT2D eigenvalue weighted by atomic mass is 32.1. The maximum absolute atomic E-state index is 12.4. The number of furan rings is 1. The van der Waals surface area contributed by atoms with Crippen LogP contribution in [-0.4, -0.2) is 60.2 Å². The van der Waals surface area contributed by atoms with Crippen LogP contribution in [0, 0.1) is 0 Å². The molecule has 0 unspecified atom stereocenters. The lowest BCUT2D eigenvalue weighted by molar-refractivity contribution is -0.129. The van der Waals surface area contributed by atoms with Gasteiger partial charge in [0.2, 0.25) is 11.8 Å². The van der Waals surface area contributed by atoms with E-state index in [1.54, 1.807) is 13.4 Å². The number of amides is 2. The highest BCUT2D eigenvalue weighted by Crippen LogP contribution is 2.26. The van der Waals surface area contributed by atoms with Crippen molar-refractivity contribution in [3.8, 4) is 5.75 Å². The molecule has 0 spiro atoms. The molecule has 2 aliphatic heterocycles. The van der Waals surface area contributed by atoms with Crippen LogP contribution in [-0.2, 0) is 22.7 Å². The molecule has 2 amide bonds. The number of fused-ring (bicyclic) bond motifs is 1. The molecule has 3 heterocycles. The van der Waals surface area contributed by atoms with Gasteiger partial charge in [-0.1, -0.05) is 12.1 Å². The predicted octanol–water partition coefficient (Wildman–Crippen LogP) is 1.29. The van der Waals surface area contributed by atoms with E-state index in [1.165, 1.54) is 0 Å². The van der Waals surface area contributed by atoms with E-state index in [0.717, 1.165) is 17.1 Å². The summed E-state index contributed by atoms with van der Waals surface area (Å²) in [6, 6.07) is 11.3. The van der Waals surface area contributed by atoms with Gasteiger partial charge in [-0.3, -0.25) is 14.5 Å². The molecule has 3 atom stereocenters. The summed E-state index contributed by atoms with van der Waals surface area (Å²) < 4.78 is 10.5. The molecule has 4 rings (SSSR count). The Labute approximate surface area is 204 Å². The van der Waals surface area contributed by atoms with Crippen molar-refractivity contribution in [1.82, 2.24) is 26.2 Å². The number of nitrogens with zero attached hydrogens (tertiary/aromatic N) is 1. The standard InChI is InChI=1S/C24H31N5O4S/c1-32-19-7-4-16(5-8-19)12-25-22(30)9-6-18-13-26-23(31)21-11-17(15-29(18)21)28-24(34)27-14-20-3-2-10-33-20/h2-5,7-8,10,17-18,21H,6,9,11-15H2,1H3,(H,25,30)(H,26,31)(H2,27,28,34)/t17-,18+,21-/m0/s1. The minimum atomic E-state index is -0.202. The highest BCUT2D eigenvalue weighted by molar-refractivity contribution is 7.80. The van der Waals surface area contributed by atoms with Crippen LogP contribution in [0.5, 0.6) is 5.75 Å². The number of benzene rings is 1. The quantitative estimate of drug-likeness (QED) is 0.394. The zero-order valence-corrected chi connectivity index (χ0v) is 20.0. The summed E-state index contributed by atoms with van der Waals surface area (Å²) in [7, 11) is 1.63. The number of thiocarbonyl (C=S) groups is 1. The first-order valence-corrected chi connectivity index (χ1v) is 11.9. The van der Waals surface area contributed by atoms with Crippen LogP contribution < -0.4 is 26.0 Å². The number of carbonyl (C=O) groups is 2. The zero-order chi connectivity index (χ0) is 23.9. The van der Waals surface area contributed by atoms with Crippen molar-refractivity contribution in [2.45, 2.75) is 50.5 Å². The molecule has 1 aromatic heterocycles. The van der Waals surface area contributed by atoms with Crippen molar-refractivity contribution in [1.29, 1.82) is 0 Å². The molecule has 0 radical (unpaired) electrons. The topological polar surface area (TPSA) is 108 Å². The SMILES string of the molecule is COc1ccc(CNC(=O)CC[C@@H]2CNC(=O)[C@@H]3C[C@H](NC(=S)NCc4ccco4)CN23)cc1. The third-order valence-electron chi connectivity index (χ3n) is 6.31. The summed E-state index contributed by atoms with van der Waals surface area (Å²) in [5.74, 6) is 1.63. The van der Waals surface area contributed by atoms with Crippen molar-refractivity contribution in [2.24, 2.45) is 0 Å². The van der Waals surface area contributed by atoms with Gasteiger partial charge in [-0.2, -0.15) is 0 Å². The third kappa shape index (κ3) is 6.27. The van der Waals surface area contributed by atoms with Crippen LogP contribution in [0.3, 0.4) is 0 Å². The van der Waals surface area contributed by atoms with E-state index in [1.807, 2.05) is 36.4 Å². The van der Waals surface area contributed by atoms with E-state index >= 15 is 0 Å². The number of carbonyl (C=O) groups excluding carboxylic acids is 2. The van der Waals surface area contributed by atoms with Gasteiger partial charge < -0.3 is 30.4 Å². The Morgan fingerprint density at radius 1 is 1.24 bits per heavy atom. The van der Waals surface area contributed by atoms with Crippen LogP contribution in [0.15, 0.2) is 47.1 Å². The first-order chi connectivity index (χ1) is 16.5. The van der Waals surface area contributed by atoms with E-state index in [-0.39, 0.29) is 29.9 Å². The summed E-state index contributed by atoms with van der Waals surface area (Å²) in [6.45, 7) is 2.24. The summed E-state index contributed by atoms with van der Waals surface area (Å²) in [5.41, 5.74) is 1.02. The fraction of sp³-hybridized carbons (Fsp3) is 0.458. The molecule has 1 aromatic carbocycles. The second-order valence-electron chi connectivity index (χ2n) is 8.61. The van der Waals surface area contributed by atoms with Gasteiger partial charge in [-0.15, -0.1) is 0 Å². The average Bonchev–Trinajstić information content (AvgIpc) is 3.52. The number of piperazine rings is 1. The molecular formula is C24H31N5O4S. The molecule has 9 nitrogen and oxygen atoms in total. The summed E-state index contributed by atoms with van der Waals surface area (Å²) in [5, 5.41) is 13.0. The Morgan fingerprint density at radius 2 is 2.06 bits per heavy atom. The number of hydrogen-bond acceptors (Lipinski definition) is 6. The lowest BCUT2D eigenvalue weighted by atomic mass is 10.0. The van der Waals surface area contributed by atoms with Crippen LogP contribution in [0.25, 0.3) is 0 Å². The third-order valence-corrected chi connectivity index (χ3v) is 6.58. The average molecular weight is 486 g/mol. The van der Waals surface area contributed by atoms with Gasteiger partial charge in [0.1, 0.15) is 11.5 Å². The highest BCUT2D eigenvalue weighted by Gasteiger charge is 2.43. The van der Waals surface area contributed by atoms with E-state index in [9.17, 15) is 9.59 Å². The zero-order valence-electron chi connectivity index (χ0n) is 19.2. The minimum Gasteiger partial charge on any atom is -0.497 e. The molecule has 2 saturated heterocycles. The summed E-state index contributed by atoms with van der Waals surface area (Å²) in [6.07, 6.45) is 3.38. The van der Waals surface area contributed by atoms with Crippen molar-refractivity contribution in [3.63, 3.8) is 0 Å². The largest absolute Gasteiger partial charge is 0.497 e. The Balaban J connectivity index is 1.22. The van der Waals surface area contributed by atoms with Crippen molar-refractivity contribution >= 4 is 29.1 Å². The second-order valence-corrected chi connectivity index (χ2v) is 9.02. The number of ether oxygens (including phenoxy) is 1. The minimum absolute atomic E-state index is 0.00134. The van der Waals surface area contributed by atoms with Gasteiger partial charge in [0, 0.05) is 38.1 Å². The Morgan fingerprint density at radius 3 is 2.79 bits per heavy atom. The smallest absolute Gasteiger partial charge is 0.237 e. The van der Waals surface area contributed by atoms with Gasteiger partial charge in [0.05, 0.1) is 26.0 Å². The number of rotatable bonds is 9. The lowest BCUT2D eigenvalue weighted by Crippen LogP contribution is -2.58. The number of nitrogens with one attached hydrogen (secondary N) is 4. The Bertz CT molecular complexity index is 982. The van der Waals surface area contributed by atoms with Gasteiger partial charge in [0.15, 0.2) is 5.11 Å².